The molecule has 6 aromatic rings. The Morgan fingerprint density at radius 1 is 0.451 bits per heavy atom. The number of carbonyl (C=O) groups is 1. The summed E-state index contributed by atoms with van der Waals surface area (Å²) in [6.45, 7) is 7.15. The summed E-state index contributed by atoms with van der Waals surface area (Å²) in [6, 6.07) is 51.8. The second kappa shape index (κ2) is 29.6. The van der Waals surface area contributed by atoms with Gasteiger partial charge in [0, 0.05) is 37.7 Å². The van der Waals surface area contributed by atoms with Crippen molar-refractivity contribution in [1.29, 1.82) is 0 Å². The van der Waals surface area contributed by atoms with Crippen molar-refractivity contribution in [3.63, 3.8) is 0 Å². The minimum atomic E-state index is 0. The van der Waals surface area contributed by atoms with Gasteiger partial charge in [-0.1, -0.05) is 137 Å². The first-order valence-electron chi connectivity index (χ1n) is 25.0. The van der Waals surface area contributed by atoms with E-state index < -0.39 is 0 Å². The number of amides is 1. The zero-order valence-electron chi connectivity index (χ0n) is 40.0. The summed E-state index contributed by atoms with van der Waals surface area (Å²) < 4.78 is 0. The zero-order valence-corrected chi connectivity index (χ0v) is 40.0. The number of rotatable bonds is 19. The second-order valence-electron chi connectivity index (χ2n) is 18.1. The molecule has 0 aliphatic carbocycles. The highest BCUT2D eigenvalue weighted by Crippen LogP contribution is 2.38. The van der Waals surface area contributed by atoms with E-state index in [1.165, 1.54) is 44.3 Å². The number of phenolic OH excluding ortho intramolecular Hbond substituents is 2. The minimum Gasteiger partial charge on any atom is -0.508 e. The predicted molar refractivity (Wildman–Crippen MR) is 298 cm³/mol. The van der Waals surface area contributed by atoms with Gasteiger partial charge in [0.25, 0.3) is 0 Å². The summed E-state index contributed by atoms with van der Waals surface area (Å²) in [7, 11) is 0. The van der Waals surface area contributed by atoms with Crippen molar-refractivity contribution >= 4 is 39.6 Å². The van der Waals surface area contributed by atoms with E-state index in [-0.39, 0.29) is 45.5 Å². The molecule has 9 nitrogen and oxygen atoms in total. The number of aliphatic hydroxyl groups is 2. The van der Waals surface area contributed by atoms with E-state index in [1.54, 1.807) is 24.3 Å². The van der Waals surface area contributed by atoms with Crippen LogP contribution in [0.2, 0.25) is 0 Å². The van der Waals surface area contributed by atoms with Crippen LogP contribution in [0.15, 0.2) is 158 Å². The van der Waals surface area contributed by atoms with Crippen LogP contribution < -0.4 is 10.6 Å². The molecule has 0 aromatic heterocycles. The van der Waals surface area contributed by atoms with Crippen molar-refractivity contribution in [2.24, 2.45) is 0 Å². The summed E-state index contributed by atoms with van der Waals surface area (Å²) in [6.07, 6.45) is 10.4. The highest BCUT2D eigenvalue weighted by Gasteiger charge is 2.18. The van der Waals surface area contributed by atoms with Crippen LogP contribution in [0.25, 0.3) is 22.3 Å². The molecule has 0 bridgehead atoms. The Morgan fingerprint density at radius 2 is 0.831 bits per heavy atom. The van der Waals surface area contributed by atoms with Gasteiger partial charge in [0.05, 0.1) is 6.54 Å². The van der Waals surface area contributed by atoms with Crippen LogP contribution in [0, 0.1) is 0 Å². The number of benzene rings is 6. The number of aromatic hydroxyl groups is 2. The van der Waals surface area contributed by atoms with Crippen LogP contribution in [0.1, 0.15) is 112 Å². The molecular formula is C62H78N4O5. The standard InChI is InChI=1S/C30H34N2O3.C30H36N2O2.2CH4/c33-21-7-10-28(23-8-3-1-4-9-23)30(25-13-17-27(34)18-14-25)24-11-15-26(16-12-24)31-29(35)22-32-19-5-2-6-20-32;33-23-7-10-29(24-8-3-1-4-9-24)30(26-13-17-28(34)18-14-26)25-11-15-27(16-12-25)31-19-22-32-20-5-2-6-21-32;;/h1,3-4,8-9,11-18,33-34H,2,5-7,10,19-22H2,(H,31,35);1,3-4,8-9,11-18,31,33-34H,2,5-7,10,19-23H2;2*1H4/b30-28+;30-29+;;. The number of nitrogens with zero attached hydrogens (tertiary/aromatic N) is 2. The van der Waals surface area contributed by atoms with E-state index in [4.69, 9.17) is 0 Å². The third-order valence-corrected chi connectivity index (χ3v) is 13.0. The molecule has 0 radical (unpaired) electrons. The lowest BCUT2D eigenvalue weighted by Gasteiger charge is -2.26. The highest BCUT2D eigenvalue weighted by atomic mass is 16.3. The number of carbonyl (C=O) groups excluding carboxylic acids is 1. The molecule has 2 saturated heterocycles. The van der Waals surface area contributed by atoms with Gasteiger partial charge >= 0.3 is 0 Å². The third-order valence-electron chi connectivity index (χ3n) is 13.0. The lowest BCUT2D eigenvalue weighted by molar-refractivity contribution is -0.117. The van der Waals surface area contributed by atoms with Gasteiger partial charge in [-0.3, -0.25) is 9.69 Å². The molecule has 0 saturated carbocycles. The molecule has 2 aliphatic rings. The number of phenols is 2. The highest BCUT2D eigenvalue weighted by molar-refractivity contribution is 6.00. The quantitative estimate of drug-likeness (QED) is 0.0443. The predicted octanol–water partition coefficient (Wildman–Crippen LogP) is 12.8. The fourth-order valence-corrected chi connectivity index (χ4v) is 9.44. The molecule has 2 heterocycles. The Balaban J connectivity index is 0.000000257. The van der Waals surface area contributed by atoms with Gasteiger partial charge in [-0.25, -0.2) is 0 Å². The number of hydrogen-bond acceptors (Lipinski definition) is 8. The number of likely N-dealkylation sites (tertiary alicyclic amines) is 2. The molecule has 2 fully saturated rings. The number of nitrogens with one attached hydrogen (secondary N) is 2. The second-order valence-corrected chi connectivity index (χ2v) is 18.1. The van der Waals surface area contributed by atoms with Crippen LogP contribution in [0.5, 0.6) is 11.5 Å². The Hall–Kier alpha value is -6.49. The van der Waals surface area contributed by atoms with Crippen molar-refractivity contribution in [3.8, 4) is 11.5 Å². The maximum Gasteiger partial charge on any atom is 0.238 e. The van der Waals surface area contributed by atoms with Gasteiger partial charge in [0.1, 0.15) is 11.5 Å². The van der Waals surface area contributed by atoms with Gasteiger partial charge in [-0.2, -0.15) is 0 Å². The fraction of sp³-hybridized carbons (Fsp3) is 0.339. The van der Waals surface area contributed by atoms with Gasteiger partial charge in [-0.15, -0.1) is 0 Å². The lowest BCUT2D eigenvalue weighted by Crippen LogP contribution is -2.36. The van der Waals surface area contributed by atoms with Gasteiger partial charge in [-0.05, 0) is 182 Å². The van der Waals surface area contributed by atoms with E-state index in [0.717, 1.165) is 107 Å². The fourth-order valence-electron chi connectivity index (χ4n) is 9.44. The Kier molecular flexibility index (Phi) is 23.1. The molecule has 8 rings (SSSR count). The molecule has 0 unspecified atom stereocenters. The van der Waals surface area contributed by atoms with Gasteiger partial charge in [0.2, 0.25) is 5.91 Å². The normalized spacial score (nSPS) is 14.6. The maximum absolute atomic E-state index is 12.6. The molecule has 0 atom stereocenters. The molecule has 2 aliphatic heterocycles. The number of anilines is 2. The third kappa shape index (κ3) is 16.8. The number of allylic oxidation sites excluding steroid dienone is 2. The first-order valence-corrected chi connectivity index (χ1v) is 25.0. The van der Waals surface area contributed by atoms with E-state index in [1.807, 2.05) is 72.8 Å². The van der Waals surface area contributed by atoms with Crippen LogP contribution >= 0.6 is 0 Å². The first-order chi connectivity index (χ1) is 33.9. The zero-order chi connectivity index (χ0) is 48.0. The monoisotopic (exact) mass is 959 g/mol. The summed E-state index contributed by atoms with van der Waals surface area (Å²) >= 11 is 0. The van der Waals surface area contributed by atoms with Crippen molar-refractivity contribution in [2.45, 2.75) is 79.1 Å². The van der Waals surface area contributed by atoms with Crippen molar-refractivity contribution < 1.29 is 25.2 Å². The van der Waals surface area contributed by atoms with Crippen LogP contribution in [0.4, 0.5) is 11.4 Å². The first kappa shape index (κ1) is 55.4. The van der Waals surface area contributed by atoms with E-state index in [2.05, 4.69) is 81.1 Å². The van der Waals surface area contributed by atoms with Gasteiger partial charge in [0.15, 0.2) is 0 Å². The van der Waals surface area contributed by atoms with E-state index >= 15 is 0 Å². The molecule has 6 N–H and O–H groups in total. The smallest absolute Gasteiger partial charge is 0.238 e. The Morgan fingerprint density at radius 3 is 1.24 bits per heavy atom. The lowest BCUT2D eigenvalue weighted by atomic mass is 9.87. The molecule has 376 valence electrons. The van der Waals surface area contributed by atoms with E-state index in [9.17, 15) is 25.2 Å². The van der Waals surface area contributed by atoms with Crippen molar-refractivity contribution in [2.75, 3.05) is 69.7 Å². The molecule has 0 spiro atoms. The summed E-state index contributed by atoms with van der Waals surface area (Å²) in [5.41, 5.74) is 12.9. The number of aliphatic hydroxyl groups excluding tert-OH is 2. The number of piperidine rings is 2. The molecule has 9 heteroatoms. The Labute approximate surface area is 424 Å². The maximum atomic E-state index is 12.6. The molecule has 6 aromatic carbocycles. The van der Waals surface area contributed by atoms with Crippen LogP contribution in [-0.2, 0) is 4.79 Å². The summed E-state index contributed by atoms with van der Waals surface area (Å²) in [5, 5.41) is 45.4. The Bertz CT molecular complexity index is 2510. The van der Waals surface area contributed by atoms with Crippen molar-refractivity contribution in [1.82, 2.24) is 9.80 Å². The average Bonchev–Trinajstić information content (AvgIpc) is 3.39. The van der Waals surface area contributed by atoms with Crippen molar-refractivity contribution in [3.05, 3.63) is 191 Å². The number of hydrogen-bond donors (Lipinski definition) is 6. The molecule has 71 heavy (non-hydrogen) atoms. The average molecular weight is 959 g/mol. The molecular weight excluding hydrogens is 881 g/mol. The van der Waals surface area contributed by atoms with Crippen LogP contribution in [-0.4, -0.2) is 95.2 Å². The topological polar surface area (TPSA) is 129 Å². The molecule has 1 amide bonds. The largest absolute Gasteiger partial charge is 0.508 e. The van der Waals surface area contributed by atoms with Crippen LogP contribution in [0.3, 0.4) is 0 Å². The summed E-state index contributed by atoms with van der Waals surface area (Å²) in [4.78, 5) is 17.3. The summed E-state index contributed by atoms with van der Waals surface area (Å²) in [5.74, 6) is 0.492. The SMILES string of the molecule is C.C.O=C(CN1CCCCC1)Nc1ccc(/C(=C(/CCCO)c2ccccc2)c2ccc(O)cc2)cc1.OCCC/C(=C(\c1ccc(O)cc1)c1ccc(NCCN2CCCCC2)cc1)c1ccccc1. The minimum absolute atomic E-state index is 0. The van der Waals surface area contributed by atoms with E-state index in [0.29, 0.717) is 25.8 Å². The van der Waals surface area contributed by atoms with Gasteiger partial charge < -0.3 is 36.0 Å².